The molecule has 0 aliphatic rings. The van der Waals surface area contributed by atoms with Crippen LogP contribution < -0.4 is 11.1 Å². The van der Waals surface area contributed by atoms with Gasteiger partial charge in [0, 0.05) is 19.6 Å². The number of nitrogens with one attached hydrogen (secondary N) is 1. The largest absolute Gasteiger partial charge is 0.329 e. The molecule has 0 saturated heterocycles. The second kappa shape index (κ2) is 4.94. The van der Waals surface area contributed by atoms with E-state index in [1.54, 1.807) is 19.1 Å². The van der Waals surface area contributed by atoms with Gasteiger partial charge >= 0.3 is 0 Å². The third-order valence-electron chi connectivity index (χ3n) is 1.89. The molecule has 0 spiro atoms. The number of rotatable bonds is 4. The maximum atomic E-state index is 13.0. The molecule has 0 bridgehead atoms. The average Bonchev–Trinajstić information content (AvgIpc) is 2.12. The second-order valence-electron chi connectivity index (χ2n) is 3.05. The molecule has 3 heteroatoms. The Kier molecular flexibility index (Phi) is 3.86. The van der Waals surface area contributed by atoms with Crippen LogP contribution in [0.5, 0.6) is 0 Å². The van der Waals surface area contributed by atoms with Crippen LogP contribution in [0.1, 0.15) is 11.1 Å². The normalized spacial score (nSPS) is 10.4. The molecule has 1 rings (SSSR count). The molecule has 0 aliphatic carbocycles. The summed E-state index contributed by atoms with van der Waals surface area (Å²) in [6, 6.07) is 5.26. The molecule has 0 amide bonds. The maximum Gasteiger partial charge on any atom is 0.126 e. The fourth-order valence-electron chi connectivity index (χ4n) is 1.08. The minimum Gasteiger partial charge on any atom is -0.329 e. The highest BCUT2D eigenvalue weighted by Gasteiger charge is 1.98. The number of hydrogen-bond acceptors (Lipinski definition) is 2. The Bertz CT molecular complexity index is 274. The first kappa shape index (κ1) is 10.2. The Morgan fingerprint density at radius 3 is 2.85 bits per heavy atom. The molecule has 0 aromatic heterocycles. The average molecular weight is 182 g/mol. The van der Waals surface area contributed by atoms with E-state index in [1.807, 2.05) is 6.07 Å². The summed E-state index contributed by atoms with van der Waals surface area (Å²) >= 11 is 0. The summed E-state index contributed by atoms with van der Waals surface area (Å²) in [5.74, 6) is -0.146. The SMILES string of the molecule is Cc1ccc(CNCCN)cc1F. The lowest BCUT2D eigenvalue weighted by atomic mass is 10.1. The van der Waals surface area contributed by atoms with Crippen LogP contribution in [0.25, 0.3) is 0 Å². The van der Waals surface area contributed by atoms with E-state index in [0.717, 1.165) is 12.1 Å². The highest BCUT2D eigenvalue weighted by molar-refractivity contribution is 5.23. The van der Waals surface area contributed by atoms with Crippen molar-refractivity contribution in [2.24, 2.45) is 5.73 Å². The van der Waals surface area contributed by atoms with Gasteiger partial charge in [0.2, 0.25) is 0 Å². The first-order valence-electron chi connectivity index (χ1n) is 4.40. The van der Waals surface area contributed by atoms with Gasteiger partial charge in [-0.1, -0.05) is 12.1 Å². The van der Waals surface area contributed by atoms with E-state index < -0.39 is 0 Å². The molecule has 0 saturated carbocycles. The lowest BCUT2D eigenvalue weighted by Gasteiger charge is -2.04. The van der Waals surface area contributed by atoms with E-state index in [2.05, 4.69) is 5.32 Å². The van der Waals surface area contributed by atoms with E-state index >= 15 is 0 Å². The zero-order chi connectivity index (χ0) is 9.68. The van der Waals surface area contributed by atoms with Gasteiger partial charge in [0.25, 0.3) is 0 Å². The zero-order valence-electron chi connectivity index (χ0n) is 7.81. The van der Waals surface area contributed by atoms with Gasteiger partial charge in [-0.05, 0) is 24.1 Å². The third-order valence-corrected chi connectivity index (χ3v) is 1.89. The lowest BCUT2D eigenvalue weighted by molar-refractivity contribution is 0.612. The number of halogens is 1. The van der Waals surface area contributed by atoms with Crippen molar-refractivity contribution in [2.45, 2.75) is 13.5 Å². The molecule has 0 fully saturated rings. The minimum atomic E-state index is -0.146. The lowest BCUT2D eigenvalue weighted by Crippen LogP contribution is -2.21. The molecule has 1 aromatic rings. The predicted octanol–water partition coefficient (Wildman–Crippen LogP) is 1.18. The Morgan fingerprint density at radius 2 is 2.23 bits per heavy atom. The predicted molar refractivity (Wildman–Crippen MR) is 51.9 cm³/mol. The van der Waals surface area contributed by atoms with Gasteiger partial charge in [-0.25, -0.2) is 4.39 Å². The topological polar surface area (TPSA) is 38.0 Å². The van der Waals surface area contributed by atoms with Gasteiger partial charge in [-0.3, -0.25) is 0 Å². The van der Waals surface area contributed by atoms with Crippen LogP contribution in [-0.2, 0) is 6.54 Å². The van der Waals surface area contributed by atoms with E-state index in [1.165, 1.54) is 0 Å². The van der Waals surface area contributed by atoms with Crippen molar-refractivity contribution in [3.63, 3.8) is 0 Å². The molecular formula is C10H15FN2. The van der Waals surface area contributed by atoms with Crippen LogP contribution in [0.3, 0.4) is 0 Å². The fourth-order valence-corrected chi connectivity index (χ4v) is 1.08. The molecular weight excluding hydrogens is 167 g/mol. The summed E-state index contributed by atoms with van der Waals surface area (Å²) in [5.41, 5.74) is 6.95. The molecule has 2 nitrogen and oxygen atoms in total. The Morgan fingerprint density at radius 1 is 1.46 bits per heavy atom. The molecule has 0 aliphatic heterocycles. The fraction of sp³-hybridized carbons (Fsp3) is 0.400. The number of hydrogen-bond donors (Lipinski definition) is 2. The van der Waals surface area contributed by atoms with Crippen molar-refractivity contribution in [1.29, 1.82) is 0 Å². The first-order valence-corrected chi connectivity index (χ1v) is 4.40. The Hall–Kier alpha value is -0.930. The first-order chi connectivity index (χ1) is 6.24. The van der Waals surface area contributed by atoms with Gasteiger partial charge in [0.15, 0.2) is 0 Å². The van der Waals surface area contributed by atoms with Gasteiger partial charge < -0.3 is 11.1 Å². The summed E-state index contributed by atoms with van der Waals surface area (Å²) in [5, 5.41) is 3.11. The molecule has 3 N–H and O–H groups in total. The summed E-state index contributed by atoms with van der Waals surface area (Å²) in [6.45, 7) is 3.80. The van der Waals surface area contributed by atoms with Crippen molar-refractivity contribution in [3.8, 4) is 0 Å². The van der Waals surface area contributed by atoms with Gasteiger partial charge in [-0.15, -0.1) is 0 Å². The van der Waals surface area contributed by atoms with Crippen LogP contribution in [0, 0.1) is 12.7 Å². The van der Waals surface area contributed by atoms with Gasteiger partial charge in [0.05, 0.1) is 0 Å². The monoisotopic (exact) mass is 182 g/mol. The molecule has 0 unspecified atom stereocenters. The standard InChI is InChI=1S/C10H15FN2/c1-8-2-3-9(6-10(8)11)7-13-5-4-12/h2-3,6,13H,4-5,7,12H2,1H3. The van der Waals surface area contributed by atoms with Crippen molar-refractivity contribution >= 4 is 0 Å². The quantitative estimate of drug-likeness (QED) is 0.686. The second-order valence-corrected chi connectivity index (χ2v) is 3.05. The molecule has 0 atom stereocenters. The third kappa shape index (κ3) is 3.13. The smallest absolute Gasteiger partial charge is 0.126 e. The Balaban J connectivity index is 2.53. The van der Waals surface area contributed by atoms with Gasteiger partial charge in [-0.2, -0.15) is 0 Å². The molecule has 1 aromatic carbocycles. The summed E-state index contributed by atoms with van der Waals surface area (Å²) in [6.07, 6.45) is 0. The molecule has 0 radical (unpaired) electrons. The highest BCUT2D eigenvalue weighted by Crippen LogP contribution is 2.08. The van der Waals surface area contributed by atoms with Crippen LogP contribution in [0.2, 0.25) is 0 Å². The van der Waals surface area contributed by atoms with E-state index in [9.17, 15) is 4.39 Å². The summed E-state index contributed by atoms with van der Waals surface area (Å²) < 4.78 is 13.0. The highest BCUT2D eigenvalue weighted by atomic mass is 19.1. The van der Waals surface area contributed by atoms with Crippen LogP contribution >= 0.6 is 0 Å². The number of benzene rings is 1. The summed E-state index contributed by atoms with van der Waals surface area (Å²) in [7, 11) is 0. The van der Waals surface area contributed by atoms with E-state index in [0.29, 0.717) is 18.7 Å². The van der Waals surface area contributed by atoms with Crippen molar-refractivity contribution in [1.82, 2.24) is 5.32 Å². The van der Waals surface area contributed by atoms with Gasteiger partial charge in [0.1, 0.15) is 5.82 Å². The maximum absolute atomic E-state index is 13.0. The molecule has 0 heterocycles. The van der Waals surface area contributed by atoms with Crippen LogP contribution in [0.15, 0.2) is 18.2 Å². The Labute approximate surface area is 77.9 Å². The van der Waals surface area contributed by atoms with Crippen LogP contribution in [-0.4, -0.2) is 13.1 Å². The molecule has 13 heavy (non-hydrogen) atoms. The number of aryl methyl sites for hydroxylation is 1. The number of nitrogens with two attached hydrogens (primary N) is 1. The zero-order valence-corrected chi connectivity index (χ0v) is 7.81. The van der Waals surface area contributed by atoms with Crippen LogP contribution in [0.4, 0.5) is 4.39 Å². The van der Waals surface area contributed by atoms with E-state index in [4.69, 9.17) is 5.73 Å². The van der Waals surface area contributed by atoms with Crippen molar-refractivity contribution in [2.75, 3.05) is 13.1 Å². The molecule has 72 valence electrons. The van der Waals surface area contributed by atoms with Crippen molar-refractivity contribution in [3.05, 3.63) is 35.1 Å². The van der Waals surface area contributed by atoms with E-state index in [-0.39, 0.29) is 5.82 Å². The van der Waals surface area contributed by atoms with Crippen molar-refractivity contribution < 1.29 is 4.39 Å². The minimum absolute atomic E-state index is 0.146. The summed E-state index contributed by atoms with van der Waals surface area (Å²) in [4.78, 5) is 0.